The average Bonchev–Trinajstić information content (AvgIpc) is 3.22. The van der Waals surface area contributed by atoms with Crippen molar-refractivity contribution in [3.63, 3.8) is 0 Å². The maximum absolute atomic E-state index is 12.9. The Bertz CT molecular complexity index is 872. The number of nitrogens with zero attached hydrogens (tertiary/aromatic N) is 3. The summed E-state index contributed by atoms with van der Waals surface area (Å²) in [5.41, 5.74) is -0.664. The largest absolute Gasteiger partial charge is 0.463 e. The zero-order valence-corrected chi connectivity index (χ0v) is 13.1. The highest BCUT2D eigenvalue weighted by molar-refractivity contribution is 7.13. The van der Waals surface area contributed by atoms with E-state index in [1.165, 1.54) is 35.3 Å². The van der Waals surface area contributed by atoms with Crippen LogP contribution in [0, 0.1) is 0 Å². The van der Waals surface area contributed by atoms with Crippen LogP contribution in [0.4, 0.5) is 13.2 Å². The fourth-order valence-electron chi connectivity index (χ4n) is 2.05. The number of methoxy groups -OCH3 is 1. The van der Waals surface area contributed by atoms with Crippen molar-refractivity contribution in [3.8, 4) is 16.4 Å². The van der Waals surface area contributed by atoms with Crippen molar-refractivity contribution in [2.24, 2.45) is 0 Å². The summed E-state index contributed by atoms with van der Waals surface area (Å²) in [4.78, 5) is 16.4. The molecular weight excluding hydrogens is 343 g/mol. The summed E-state index contributed by atoms with van der Waals surface area (Å²) in [7, 11) is 1.18. The SMILES string of the molecule is COC(=O)c1nc(-c2cccs2)n(-c2cccc(C(F)(F)F)c2)n1. The third-order valence-corrected chi connectivity index (χ3v) is 4.00. The lowest BCUT2D eigenvalue weighted by Gasteiger charge is -2.09. The number of ether oxygens (including phenoxy) is 1. The van der Waals surface area contributed by atoms with E-state index in [4.69, 9.17) is 0 Å². The molecule has 0 bridgehead atoms. The van der Waals surface area contributed by atoms with Crippen molar-refractivity contribution in [2.75, 3.05) is 7.11 Å². The number of carbonyl (C=O) groups is 1. The van der Waals surface area contributed by atoms with Crippen LogP contribution in [0.3, 0.4) is 0 Å². The second-order valence-corrected chi connectivity index (χ2v) is 5.64. The number of hydrogen-bond acceptors (Lipinski definition) is 5. The molecule has 2 heterocycles. The van der Waals surface area contributed by atoms with Crippen LogP contribution in [-0.2, 0) is 10.9 Å². The maximum atomic E-state index is 12.9. The van der Waals surface area contributed by atoms with Gasteiger partial charge >= 0.3 is 12.1 Å². The van der Waals surface area contributed by atoms with Crippen LogP contribution in [0.15, 0.2) is 41.8 Å². The molecule has 0 N–H and O–H groups in total. The van der Waals surface area contributed by atoms with Gasteiger partial charge < -0.3 is 4.74 Å². The van der Waals surface area contributed by atoms with Crippen LogP contribution in [0.2, 0.25) is 0 Å². The first-order chi connectivity index (χ1) is 11.4. The molecule has 2 aromatic heterocycles. The van der Waals surface area contributed by atoms with E-state index in [2.05, 4.69) is 14.8 Å². The van der Waals surface area contributed by atoms with Gasteiger partial charge in [-0.05, 0) is 29.6 Å². The number of alkyl halides is 3. The second kappa shape index (κ2) is 6.08. The van der Waals surface area contributed by atoms with Crippen LogP contribution in [0.1, 0.15) is 16.2 Å². The third kappa shape index (κ3) is 3.02. The zero-order chi connectivity index (χ0) is 17.3. The highest BCUT2D eigenvalue weighted by atomic mass is 32.1. The van der Waals surface area contributed by atoms with Crippen LogP contribution < -0.4 is 0 Å². The van der Waals surface area contributed by atoms with Gasteiger partial charge in [0.25, 0.3) is 5.82 Å². The van der Waals surface area contributed by atoms with E-state index < -0.39 is 17.7 Å². The number of halogens is 3. The van der Waals surface area contributed by atoms with Crippen molar-refractivity contribution in [2.45, 2.75) is 6.18 Å². The van der Waals surface area contributed by atoms with E-state index >= 15 is 0 Å². The van der Waals surface area contributed by atoms with Gasteiger partial charge in [0.15, 0.2) is 5.82 Å². The summed E-state index contributed by atoms with van der Waals surface area (Å²) >= 11 is 1.33. The van der Waals surface area contributed by atoms with E-state index in [-0.39, 0.29) is 17.3 Å². The minimum absolute atomic E-state index is 0.149. The molecular formula is C15H10F3N3O2S. The van der Waals surface area contributed by atoms with Crippen molar-refractivity contribution in [1.29, 1.82) is 0 Å². The summed E-state index contributed by atoms with van der Waals surface area (Å²) in [5.74, 6) is -0.721. The van der Waals surface area contributed by atoms with Gasteiger partial charge in [-0.3, -0.25) is 0 Å². The number of hydrogen-bond donors (Lipinski definition) is 0. The molecule has 0 radical (unpaired) electrons. The fraction of sp³-hybridized carbons (Fsp3) is 0.133. The third-order valence-electron chi connectivity index (χ3n) is 3.13. The van der Waals surface area contributed by atoms with Crippen molar-refractivity contribution in [3.05, 3.63) is 53.2 Å². The van der Waals surface area contributed by atoms with E-state index in [9.17, 15) is 18.0 Å². The second-order valence-electron chi connectivity index (χ2n) is 4.69. The molecule has 9 heteroatoms. The standard InChI is InChI=1S/C15H10F3N3O2S/c1-23-14(22)12-19-13(11-6-3-7-24-11)21(20-12)10-5-2-4-9(8-10)15(16,17)18/h2-8H,1H3. The highest BCUT2D eigenvalue weighted by Crippen LogP contribution is 2.32. The van der Waals surface area contributed by atoms with Crippen LogP contribution >= 0.6 is 11.3 Å². The van der Waals surface area contributed by atoms with Gasteiger partial charge in [-0.1, -0.05) is 12.1 Å². The molecule has 0 saturated heterocycles. The molecule has 124 valence electrons. The smallest absolute Gasteiger partial charge is 0.416 e. The topological polar surface area (TPSA) is 57.0 Å². The van der Waals surface area contributed by atoms with Crippen molar-refractivity contribution < 1.29 is 22.7 Å². The molecule has 0 aliphatic carbocycles. The number of rotatable bonds is 3. The monoisotopic (exact) mass is 353 g/mol. The predicted molar refractivity (Wildman–Crippen MR) is 81.0 cm³/mol. The summed E-state index contributed by atoms with van der Waals surface area (Å²) < 4.78 is 44.6. The minimum Gasteiger partial charge on any atom is -0.463 e. The molecule has 0 atom stereocenters. The summed E-state index contributed by atoms with van der Waals surface area (Å²) in [6.07, 6.45) is -4.48. The molecule has 0 unspecified atom stereocenters. The van der Waals surface area contributed by atoms with Crippen LogP contribution in [0.25, 0.3) is 16.4 Å². The van der Waals surface area contributed by atoms with Crippen LogP contribution in [-0.4, -0.2) is 27.8 Å². The highest BCUT2D eigenvalue weighted by Gasteiger charge is 2.31. The Labute approximate surface area is 138 Å². The molecule has 1 aromatic carbocycles. The number of aromatic nitrogens is 3. The number of benzene rings is 1. The minimum atomic E-state index is -4.48. The average molecular weight is 353 g/mol. The Kier molecular flexibility index (Phi) is 4.10. The first-order valence-electron chi connectivity index (χ1n) is 6.67. The van der Waals surface area contributed by atoms with Gasteiger partial charge in [-0.15, -0.1) is 16.4 Å². The molecule has 0 amide bonds. The quantitative estimate of drug-likeness (QED) is 0.672. The molecule has 0 saturated carbocycles. The molecule has 0 spiro atoms. The normalized spacial score (nSPS) is 11.5. The van der Waals surface area contributed by atoms with E-state index in [1.54, 1.807) is 17.5 Å². The maximum Gasteiger partial charge on any atom is 0.416 e. The lowest BCUT2D eigenvalue weighted by atomic mass is 10.2. The molecule has 0 aliphatic heterocycles. The number of carbonyl (C=O) groups excluding carboxylic acids is 1. The Hall–Kier alpha value is -2.68. The van der Waals surface area contributed by atoms with Crippen molar-refractivity contribution >= 4 is 17.3 Å². The van der Waals surface area contributed by atoms with E-state index in [0.717, 1.165) is 12.1 Å². The summed E-state index contributed by atoms with van der Waals surface area (Å²) in [6, 6.07) is 8.15. The number of thiophene rings is 1. The lowest BCUT2D eigenvalue weighted by Crippen LogP contribution is -2.08. The Balaban J connectivity index is 2.16. The van der Waals surface area contributed by atoms with Gasteiger partial charge in [-0.25, -0.2) is 9.48 Å². The molecule has 0 aliphatic rings. The van der Waals surface area contributed by atoms with Gasteiger partial charge in [0.1, 0.15) is 0 Å². The molecule has 0 fully saturated rings. The van der Waals surface area contributed by atoms with Gasteiger partial charge in [0.2, 0.25) is 0 Å². The lowest BCUT2D eigenvalue weighted by molar-refractivity contribution is -0.137. The molecule has 24 heavy (non-hydrogen) atoms. The summed E-state index contributed by atoms with van der Waals surface area (Å²) in [5, 5.41) is 5.79. The zero-order valence-electron chi connectivity index (χ0n) is 12.2. The van der Waals surface area contributed by atoms with Gasteiger partial charge in [0, 0.05) is 0 Å². The number of esters is 1. The van der Waals surface area contributed by atoms with Crippen molar-refractivity contribution in [1.82, 2.24) is 14.8 Å². The fourth-order valence-corrected chi connectivity index (χ4v) is 2.75. The van der Waals surface area contributed by atoms with E-state index in [0.29, 0.717) is 4.88 Å². The van der Waals surface area contributed by atoms with Gasteiger partial charge in [0.05, 0.1) is 23.2 Å². The predicted octanol–water partition coefficient (Wildman–Crippen LogP) is 3.80. The van der Waals surface area contributed by atoms with Gasteiger partial charge in [-0.2, -0.15) is 18.2 Å². The molecule has 3 aromatic rings. The summed E-state index contributed by atoms with van der Waals surface area (Å²) in [6.45, 7) is 0. The first kappa shape index (κ1) is 16.2. The Morgan fingerprint density at radius 3 is 2.67 bits per heavy atom. The Morgan fingerprint density at radius 2 is 2.04 bits per heavy atom. The van der Waals surface area contributed by atoms with Crippen LogP contribution in [0.5, 0.6) is 0 Å². The molecule has 3 rings (SSSR count). The first-order valence-corrected chi connectivity index (χ1v) is 7.55. The van der Waals surface area contributed by atoms with E-state index in [1.807, 2.05) is 0 Å². The molecule has 5 nitrogen and oxygen atoms in total. The Morgan fingerprint density at radius 1 is 1.25 bits per heavy atom.